The molecular weight excluding hydrogens is 234 g/mol. The molecule has 2 atom stereocenters. The highest BCUT2D eigenvalue weighted by Crippen LogP contribution is 2.53. The van der Waals surface area contributed by atoms with Gasteiger partial charge in [-0.15, -0.1) is 0 Å². The minimum atomic E-state index is 0.354. The fourth-order valence-electron chi connectivity index (χ4n) is 3.88. The minimum absolute atomic E-state index is 0.354. The van der Waals surface area contributed by atoms with Gasteiger partial charge < -0.3 is 10.5 Å². The molecule has 0 saturated heterocycles. The highest BCUT2D eigenvalue weighted by atomic mass is 16.5. The summed E-state index contributed by atoms with van der Waals surface area (Å²) in [6.07, 6.45) is 9.02. The van der Waals surface area contributed by atoms with Gasteiger partial charge in [-0.25, -0.2) is 0 Å². The maximum atomic E-state index is 6.22. The van der Waals surface area contributed by atoms with Gasteiger partial charge in [-0.2, -0.15) is 0 Å². The molecule has 1 spiro atoms. The number of benzene rings is 1. The van der Waals surface area contributed by atoms with Crippen molar-refractivity contribution in [2.75, 3.05) is 6.61 Å². The Morgan fingerprint density at radius 1 is 1.16 bits per heavy atom. The predicted molar refractivity (Wildman–Crippen MR) is 78.0 cm³/mol. The van der Waals surface area contributed by atoms with Crippen LogP contribution in [0.1, 0.15) is 44.1 Å². The molecule has 0 bridgehead atoms. The van der Waals surface area contributed by atoms with E-state index in [1.807, 2.05) is 0 Å². The second-order valence-corrected chi connectivity index (χ2v) is 6.23. The van der Waals surface area contributed by atoms with Gasteiger partial charge in [0.25, 0.3) is 0 Å². The number of hydrogen-bond donors (Lipinski definition) is 1. The Hall–Kier alpha value is -0.860. The Labute approximate surface area is 116 Å². The lowest BCUT2D eigenvalue weighted by Crippen LogP contribution is -2.61. The van der Waals surface area contributed by atoms with E-state index in [2.05, 4.69) is 30.3 Å². The molecule has 2 aliphatic carbocycles. The van der Waals surface area contributed by atoms with Gasteiger partial charge in [-0.05, 0) is 37.7 Å². The summed E-state index contributed by atoms with van der Waals surface area (Å²) in [4.78, 5) is 0. The summed E-state index contributed by atoms with van der Waals surface area (Å²) in [5.41, 5.74) is 7.99. The quantitative estimate of drug-likeness (QED) is 0.823. The summed E-state index contributed by atoms with van der Waals surface area (Å²) in [6, 6.07) is 11.1. The average molecular weight is 259 g/mol. The van der Waals surface area contributed by atoms with Crippen LogP contribution < -0.4 is 5.73 Å². The van der Waals surface area contributed by atoms with Crippen molar-refractivity contribution < 1.29 is 4.74 Å². The first-order chi connectivity index (χ1) is 9.31. The van der Waals surface area contributed by atoms with Crippen molar-refractivity contribution in [2.45, 2.75) is 57.1 Å². The number of hydrogen-bond acceptors (Lipinski definition) is 2. The van der Waals surface area contributed by atoms with Gasteiger partial charge in [-0.3, -0.25) is 0 Å². The van der Waals surface area contributed by atoms with Crippen molar-refractivity contribution >= 4 is 0 Å². The van der Waals surface area contributed by atoms with Crippen LogP contribution in [0, 0.1) is 5.41 Å². The van der Waals surface area contributed by atoms with E-state index in [1.165, 1.54) is 31.2 Å². The number of aryl methyl sites for hydroxylation is 1. The van der Waals surface area contributed by atoms with Crippen molar-refractivity contribution in [3.8, 4) is 0 Å². The summed E-state index contributed by atoms with van der Waals surface area (Å²) in [5, 5.41) is 0. The van der Waals surface area contributed by atoms with Crippen LogP contribution >= 0.6 is 0 Å². The van der Waals surface area contributed by atoms with E-state index in [-0.39, 0.29) is 0 Å². The average Bonchev–Trinajstić information content (AvgIpc) is 2.96. The number of ether oxygens (including phenoxy) is 1. The molecule has 2 saturated carbocycles. The Morgan fingerprint density at radius 3 is 2.58 bits per heavy atom. The van der Waals surface area contributed by atoms with Gasteiger partial charge in [0, 0.05) is 18.1 Å². The van der Waals surface area contributed by atoms with Gasteiger partial charge in [-0.1, -0.05) is 43.2 Å². The zero-order chi connectivity index (χ0) is 13.1. The molecule has 0 radical (unpaired) electrons. The minimum Gasteiger partial charge on any atom is -0.378 e. The van der Waals surface area contributed by atoms with Crippen molar-refractivity contribution in [3.63, 3.8) is 0 Å². The molecule has 3 rings (SSSR count). The van der Waals surface area contributed by atoms with Crippen LogP contribution in [-0.4, -0.2) is 18.8 Å². The summed E-state index contributed by atoms with van der Waals surface area (Å²) in [6.45, 7) is 0.883. The fourth-order valence-corrected chi connectivity index (χ4v) is 3.88. The second-order valence-electron chi connectivity index (χ2n) is 6.23. The maximum absolute atomic E-state index is 6.22. The highest BCUT2D eigenvalue weighted by molar-refractivity contribution is 5.14. The SMILES string of the molecule is NC1CC(OCCCc2ccccc2)C12CCCC2. The molecule has 2 heteroatoms. The summed E-state index contributed by atoms with van der Waals surface area (Å²) in [7, 11) is 0. The molecule has 0 aromatic heterocycles. The first kappa shape index (κ1) is 13.1. The van der Waals surface area contributed by atoms with Gasteiger partial charge in [0.15, 0.2) is 0 Å². The zero-order valence-corrected chi connectivity index (χ0v) is 11.7. The molecule has 104 valence electrons. The Bertz CT molecular complexity index is 397. The van der Waals surface area contributed by atoms with Crippen molar-refractivity contribution in [1.29, 1.82) is 0 Å². The van der Waals surface area contributed by atoms with Crippen LogP contribution in [0.3, 0.4) is 0 Å². The number of rotatable bonds is 5. The highest BCUT2D eigenvalue weighted by Gasteiger charge is 2.54. The standard InChI is InChI=1S/C17H25NO/c18-15-13-16(17(15)10-4-5-11-17)19-12-6-9-14-7-2-1-3-8-14/h1-3,7-8,15-16H,4-6,9-13,18H2. The van der Waals surface area contributed by atoms with Crippen LogP contribution in [0.15, 0.2) is 30.3 Å². The van der Waals surface area contributed by atoms with Crippen molar-refractivity contribution in [1.82, 2.24) is 0 Å². The fraction of sp³-hybridized carbons (Fsp3) is 0.647. The predicted octanol–water partition coefficient (Wildman–Crippen LogP) is 3.30. The summed E-state index contributed by atoms with van der Waals surface area (Å²) in [5.74, 6) is 0. The van der Waals surface area contributed by atoms with Gasteiger partial charge >= 0.3 is 0 Å². The molecule has 2 N–H and O–H groups in total. The Kier molecular flexibility index (Phi) is 3.90. The van der Waals surface area contributed by atoms with E-state index in [0.29, 0.717) is 17.6 Å². The van der Waals surface area contributed by atoms with Crippen molar-refractivity contribution in [3.05, 3.63) is 35.9 Å². The summed E-state index contributed by atoms with van der Waals surface area (Å²) < 4.78 is 6.13. The molecule has 1 aromatic carbocycles. The molecule has 2 unspecified atom stereocenters. The molecule has 2 fully saturated rings. The van der Waals surface area contributed by atoms with E-state index in [1.54, 1.807) is 0 Å². The van der Waals surface area contributed by atoms with E-state index < -0.39 is 0 Å². The Balaban J connectivity index is 1.41. The molecular formula is C17H25NO. The first-order valence-electron chi connectivity index (χ1n) is 7.72. The van der Waals surface area contributed by atoms with Crippen molar-refractivity contribution in [2.24, 2.45) is 11.1 Å². The topological polar surface area (TPSA) is 35.2 Å². The van der Waals surface area contributed by atoms with Crippen LogP contribution in [0.2, 0.25) is 0 Å². The largest absolute Gasteiger partial charge is 0.378 e. The normalized spacial score (nSPS) is 28.5. The van der Waals surface area contributed by atoms with E-state index >= 15 is 0 Å². The lowest BCUT2D eigenvalue weighted by molar-refractivity contribution is -0.124. The molecule has 19 heavy (non-hydrogen) atoms. The molecule has 1 aromatic rings. The number of nitrogens with two attached hydrogens (primary N) is 1. The lowest BCUT2D eigenvalue weighted by atomic mass is 9.61. The molecule has 0 aliphatic heterocycles. The van der Waals surface area contributed by atoms with Crippen LogP contribution in [0.4, 0.5) is 0 Å². The van der Waals surface area contributed by atoms with E-state index in [9.17, 15) is 0 Å². The van der Waals surface area contributed by atoms with Crippen LogP contribution in [0.5, 0.6) is 0 Å². The van der Waals surface area contributed by atoms with Crippen LogP contribution in [0.25, 0.3) is 0 Å². The van der Waals surface area contributed by atoms with E-state index in [0.717, 1.165) is 25.9 Å². The van der Waals surface area contributed by atoms with E-state index in [4.69, 9.17) is 10.5 Å². The zero-order valence-electron chi connectivity index (χ0n) is 11.7. The molecule has 2 nitrogen and oxygen atoms in total. The third-order valence-electron chi connectivity index (χ3n) is 5.15. The second kappa shape index (κ2) is 5.64. The summed E-state index contributed by atoms with van der Waals surface area (Å²) >= 11 is 0. The molecule has 2 aliphatic rings. The van der Waals surface area contributed by atoms with Crippen LogP contribution in [-0.2, 0) is 11.2 Å². The maximum Gasteiger partial charge on any atom is 0.0661 e. The molecule has 0 amide bonds. The Morgan fingerprint density at radius 2 is 1.89 bits per heavy atom. The third-order valence-corrected chi connectivity index (χ3v) is 5.15. The smallest absolute Gasteiger partial charge is 0.0661 e. The van der Waals surface area contributed by atoms with Gasteiger partial charge in [0.2, 0.25) is 0 Å². The monoisotopic (exact) mass is 259 g/mol. The molecule has 0 heterocycles. The van der Waals surface area contributed by atoms with Gasteiger partial charge in [0.1, 0.15) is 0 Å². The third kappa shape index (κ3) is 2.56. The first-order valence-corrected chi connectivity index (χ1v) is 7.72. The lowest BCUT2D eigenvalue weighted by Gasteiger charge is -2.52. The van der Waals surface area contributed by atoms with Gasteiger partial charge in [0.05, 0.1) is 6.10 Å².